The molecule has 6 nitrogen and oxygen atoms in total. The number of aryl methyl sites for hydroxylation is 2. The van der Waals surface area contributed by atoms with Gasteiger partial charge in [-0.05, 0) is 37.1 Å². The van der Waals surface area contributed by atoms with Gasteiger partial charge in [-0.25, -0.2) is 4.79 Å². The summed E-state index contributed by atoms with van der Waals surface area (Å²) < 4.78 is 15.4. The van der Waals surface area contributed by atoms with Crippen LogP contribution in [-0.4, -0.2) is 32.7 Å². The van der Waals surface area contributed by atoms with Gasteiger partial charge >= 0.3 is 5.97 Å². The van der Waals surface area contributed by atoms with Crippen LogP contribution in [0, 0.1) is 13.8 Å². The quantitative estimate of drug-likeness (QED) is 0.816. The molecule has 0 spiro atoms. The molecule has 0 heterocycles. The first-order chi connectivity index (χ1) is 12.0. The Morgan fingerprint density at radius 1 is 1.04 bits per heavy atom. The molecule has 0 aliphatic heterocycles. The van der Waals surface area contributed by atoms with Crippen molar-refractivity contribution in [2.24, 2.45) is 0 Å². The fourth-order valence-electron chi connectivity index (χ4n) is 2.36. The second-order valence-electron chi connectivity index (χ2n) is 5.46. The largest absolute Gasteiger partial charge is 0.497 e. The number of carbonyl (C=O) groups excluding carboxylic acids is 2. The standard InChI is InChI=1S/C19H21NO5/c1-12-6-5-7-13(2)18(12)20-17(21)11-25-16-10-14(23-3)8-9-15(16)19(22)24-4/h5-10H,11H2,1-4H3,(H,20,21). The van der Waals surface area contributed by atoms with Gasteiger partial charge in [-0.3, -0.25) is 4.79 Å². The molecule has 0 bridgehead atoms. The Morgan fingerprint density at radius 3 is 2.32 bits per heavy atom. The van der Waals surface area contributed by atoms with E-state index < -0.39 is 5.97 Å². The SMILES string of the molecule is COC(=O)c1ccc(OC)cc1OCC(=O)Nc1c(C)cccc1C. The monoisotopic (exact) mass is 343 g/mol. The van der Waals surface area contributed by atoms with Crippen molar-refractivity contribution in [3.63, 3.8) is 0 Å². The number of esters is 1. The first kappa shape index (κ1) is 18.3. The Kier molecular flexibility index (Phi) is 6.00. The van der Waals surface area contributed by atoms with Crippen molar-refractivity contribution in [2.75, 3.05) is 26.1 Å². The predicted octanol–water partition coefficient (Wildman–Crippen LogP) is 3.12. The smallest absolute Gasteiger partial charge is 0.341 e. The Morgan fingerprint density at radius 2 is 1.72 bits per heavy atom. The summed E-state index contributed by atoms with van der Waals surface area (Å²) in [6, 6.07) is 10.5. The number of anilines is 1. The summed E-state index contributed by atoms with van der Waals surface area (Å²) in [5.41, 5.74) is 2.91. The second kappa shape index (κ2) is 8.19. The molecule has 0 radical (unpaired) electrons. The van der Waals surface area contributed by atoms with Crippen LogP contribution in [0.4, 0.5) is 5.69 Å². The van der Waals surface area contributed by atoms with E-state index in [0.717, 1.165) is 16.8 Å². The highest BCUT2D eigenvalue weighted by Gasteiger charge is 2.16. The van der Waals surface area contributed by atoms with E-state index in [9.17, 15) is 9.59 Å². The van der Waals surface area contributed by atoms with E-state index in [-0.39, 0.29) is 23.8 Å². The van der Waals surface area contributed by atoms with Crippen LogP contribution in [0.3, 0.4) is 0 Å². The molecule has 0 fully saturated rings. The summed E-state index contributed by atoms with van der Waals surface area (Å²) in [6.45, 7) is 3.59. The number of benzene rings is 2. The van der Waals surface area contributed by atoms with Crippen LogP contribution < -0.4 is 14.8 Å². The minimum atomic E-state index is -0.548. The van der Waals surface area contributed by atoms with E-state index >= 15 is 0 Å². The molecular formula is C19H21NO5. The fraction of sp³-hybridized carbons (Fsp3) is 0.263. The molecule has 6 heteroatoms. The van der Waals surface area contributed by atoms with Gasteiger partial charge in [-0.15, -0.1) is 0 Å². The summed E-state index contributed by atoms with van der Waals surface area (Å²) in [5.74, 6) is -0.135. The van der Waals surface area contributed by atoms with Crippen LogP contribution in [-0.2, 0) is 9.53 Å². The lowest BCUT2D eigenvalue weighted by Crippen LogP contribution is -2.22. The fourth-order valence-corrected chi connectivity index (χ4v) is 2.36. The third kappa shape index (κ3) is 4.50. The van der Waals surface area contributed by atoms with Crippen LogP contribution in [0.1, 0.15) is 21.5 Å². The number of methoxy groups -OCH3 is 2. The third-order valence-corrected chi connectivity index (χ3v) is 3.70. The zero-order valence-corrected chi connectivity index (χ0v) is 14.7. The molecule has 0 atom stereocenters. The molecule has 2 aromatic carbocycles. The van der Waals surface area contributed by atoms with Gasteiger partial charge in [0.25, 0.3) is 5.91 Å². The molecule has 0 aromatic heterocycles. The van der Waals surface area contributed by atoms with Crippen molar-refractivity contribution in [1.82, 2.24) is 0 Å². The van der Waals surface area contributed by atoms with Crippen molar-refractivity contribution in [2.45, 2.75) is 13.8 Å². The van der Waals surface area contributed by atoms with Crippen LogP contribution >= 0.6 is 0 Å². The summed E-state index contributed by atoms with van der Waals surface area (Å²) in [7, 11) is 2.79. The summed E-state index contributed by atoms with van der Waals surface area (Å²) in [6.07, 6.45) is 0. The van der Waals surface area contributed by atoms with Crippen molar-refractivity contribution in [3.05, 3.63) is 53.1 Å². The molecule has 132 valence electrons. The van der Waals surface area contributed by atoms with E-state index in [1.807, 2.05) is 32.0 Å². The number of hydrogen-bond donors (Lipinski definition) is 1. The van der Waals surface area contributed by atoms with Gasteiger partial charge in [-0.2, -0.15) is 0 Å². The normalized spacial score (nSPS) is 10.1. The van der Waals surface area contributed by atoms with Crippen molar-refractivity contribution >= 4 is 17.6 Å². The van der Waals surface area contributed by atoms with Gasteiger partial charge in [0, 0.05) is 11.8 Å². The first-order valence-corrected chi connectivity index (χ1v) is 7.71. The van der Waals surface area contributed by atoms with Crippen LogP contribution in [0.15, 0.2) is 36.4 Å². The van der Waals surface area contributed by atoms with Crippen molar-refractivity contribution in [1.29, 1.82) is 0 Å². The van der Waals surface area contributed by atoms with E-state index in [4.69, 9.17) is 14.2 Å². The first-order valence-electron chi connectivity index (χ1n) is 7.71. The van der Waals surface area contributed by atoms with Gasteiger partial charge in [-0.1, -0.05) is 18.2 Å². The molecule has 2 aromatic rings. The number of ether oxygens (including phenoxy) is 3. The van der Waals surface area contributed by atoms with Crippen molar-refractivity contribution < 1.29 is 23.8 Å². The molecule has 1 amide bonds. The third-order valence-electron chi connectivity index (χ3n) is 3.70. The topological polar surface area (TPSA) is 73.9 Å². The highest BCUT2D eigenvalue weighted by Crippen LogP contribution is 2.26. The van der Waals surface area contributed by atoms with E-state index in [1.165, 1.54) is 20.3 Å². The Balaban J connectivity index is 2.12. The number of rotatable bonds is 6. The van der Waals surface area contributed by atoms with E-state index in [2.05, 4.69) is 5.32 Å². The molecule has 25 heavy (non-hydrogen) atoms. The Hall–Kier alpha value is -3.02. The molecular weight excluding hydrogens is 322 g/mol. The van der Waals surface area contributed by atoms with Gasteiger partial charge in [0.15, 0.2) is 6.61 Å². The summed E-state index contributed by atoms with van der Waals surface area (Å²) >= 11 is 0. The van der Waals surface area contributed by atoms with Gasteiger partial charge in [0.1, 0.15) is 17.1 Å². The molecule has 0 aliphatic carbocycles. The number of carbonyl (C=O) groups is 2. The maximum absolute atomic E-state index is 12.2. The Labute approximate surface area is 146 Å². The second-order valence-corrected chi connectivity index (χ2v) is 5.46. The average Bonchev–Trinajstić information content (AvgIpc) is 2.62. The molecule has 1 N–H and O–H groups in total. The van der Waals surface area contributed by atoms with E-state index in [1.54, 1.807) is 12.1 Å². The van der Waals surface area contributed by atoms with Crippen LogP contribution in [0.25, 0.3) is 0 Å². The number of hydrogen-bond acceptors (Lipinski definition) is 5. The Bertz CT molecular complexity index is 765. The molecule has 0 saturated heterocycles. The maximum Gasteiger partial charge on any atom is 0.341 e. The molecule has 0 aliphatic rings. The van der Waals surface area contributed by atoms with Gasteiger partial charge in [0.05, 0.1) is 14.2 Å². The number of para-hydroxylation sites is 1. The summed E-state index contributed by atoms with van der Waals surface area (Å²) in [5, 5.41) is 2.83. The van der Waals surface area contributed by atoms with Gasteiger partial charge in [0.2, 0.25) is 0 Å². The van der Waals surface area contributed by atoms with Crippen LogP contribution in [0.2, 0.25) is 0 Å². The number of nitrogens with one attached hydrogen (secondary N) is 1. The number of amides is 1. The van der Waals surface area contributed by atoms with E-state index in [0.29, 0.717) is 5.75 Å². The maximum atomic E-state index is 12.2. The lowest BCUT2D eigenvalue weighted by atomic mass is 10.1. The lowest BCUT2D eigenvalue weighted by molar-refractivity contribution is -0.118. The zero-order valence-electron chi connectivity index (χ0n) is 14.7. The molecule has 0 unspecified atom stereocenters. The zero-order chi connectivity index (χ0) is 18.4. The molecule has 0 saturated carbocycles. The van der Waals surface area contributed by atoms with Crippen molar-refractivity contribution in [3.8, 4) is 11.5 Å². The minimum absolute atomic E-state index is 0.225. The summed E-state index contributed by atoms with van der Waals surface area (Å²) in [4.78, 5) is 24.0. The average molecular weight is 343 g/mol. The van der Waals surface area contributed by atoms with Crippen LogP contribution in [0.5, 0.6) is 11.5 Å². The molecule has 2 rings (SSSR count). The highest BCUT2D eigenvalue weighted by molar-refractivity contribution is 5.95. The van der Waals surface area contributed by atoms with Gasteiger partial charge < -0.3 is 19.5 Å². The highest BCUT2D eigenvalue weighted by atomic mass is 16.5. The lowest BCUT2D eigenvalue weighted by Gasteiger charge is -2.14. The predicted molar refractivity (Wildman–Crippen MR) is 94.4 cm³/mol. The minimum Gasteiger partial charge on any atom is -0.497 e.